The fourth-order valence-electron chi connectivity index (χ4n) is 3.52. The van der Waals surface area contributed by atoms with Gasteiger partial charge in [-0.1, -0.05) is 24.3 Å². The lowest BCUT2D eigenvalue weighted by molar-refractivity contribution is 0.477. The summed E-state index contributed by atoms with van der Waals surface area (Å²) < 4.78 is 130. The van der Waals surface area contributed by atoms with E-state index in [0.717, 1.165) is 36.4 Å². The topological polar surface area (TPSA) is 206 Å². The van der Waals surface area contributed by atoms with Crippen molar-refractivity contribution in [1.29, 1.82) is 0 Å². The molecule has 0 atom stereocenters. The van der Waals surface area contributed by atoms with Crippen LogP contribution in [0.15, 0.2) is 86.3 Å². The Hall–Kier alpha value is -3.12. The maximum Gasteiger partial charge on any atom is 0.339 e. The zero-order valence-corrected chi connectivity index (χ0v) is 20.8. The highest BCUT2D eigenvalue weighted by Crippen LogP contribution is 2.35. The third-order valence-corrected chi connectivity index (χ3v) is 8.93. The molecule has 0 heterocycles. The van der Waals surface area contributed by atoms with Crippen molar-refractivity contribution in [2.45, 2.75) is 19.6 Å². The molecule has 0 unspecified atom stereocenters. The van der Waals surface area contributed by atoms with E-state index < -0.39 is 65.8 Å². The molecule has 12 nitrogen and oxygen atoms in total. The first-order valence-corrected chi connectivity index (χ1v) is 15.2. The Labute approximate surface area is 205 Å². The molecule has 4 aromatic rings. The summed E-state index contributed by atoms with van der Waals surface area (Å²) >= 11 is 0. The van der Waals surface area contributed by atoms with Crippen molar-refractivity contribution in [3.8, 4) is 5.75 Å². The molecular formula is C20H14O12S4. The Morgan fingerprint density at radius 1 is 0.528 bits per heavy atom. The van der Waals surface area contributed by atoms with Gasteiger partial charge in [0.15, 0.2) is 5.75 Å². The van der Waals surface area contributed by atoms with E-state index in [0.29, 0.717) is 6.07 Å². The zero-order valence-electron chi connectivity index (χ0n) is 17.5. The Kier molecular flexibility index (Phi) is 6.11. The minimum absolute atomic E-state index is 0.0998. The molecule has 0 aliphatic rings. The van der Waals surface area contributed by atoms with Crippen LogP contribution in [0.2, 0.25) is 0 Å². The molecule has 190 valence electrons. The highest BCUT2D eigenvalue weighted by atomic mass is 32.2. The first-order valence-electron chi connectivity index (χ1n) is 9.45. The third kappa shape index (κ3) is 4.92. The molecule has 0 saturated heterocycles. The molecule has 0 aliphatic heterocycles. The van der Waals surface area contributed by atoms with Crippen molar-refractivity contribution in [2.75, 3.05) is 0 Å². The average Bonchev–Trinajstić information content (AvgIpc) is 2.75. The predicted octanol–water partition coefficient (Wildman–Crippen LogP) is 2.50. The molecule has 36 heavy (non-hydrogen) atoms. The van der Waals surface area contributed by atoms with Crippen LogP contribution >= 0.6 is 0 Å². The lowest BCUT2D eigenvalue weighted by Crippen LogP contribution is -2.12. The standard InChI is InChI=1S/C20H14O12S4/c21-33(22,23)13-7-8-15-12(9-13)10-14(34(24,25)26)11-18(15)32-36(30,31)20-6-2-3-16-17(20)4-1-5-19(16)35(27,28)29/h1-11H,(H,21,22,23)(H,24,25,26)(H,27,28,29). The smallest absolute Gasteiger partial charge is 0.339 e. The van der Waals surface area contributed by atoms with Crippen LogP contribution in [0.25, 0.3) is 21.5 Å². The van der Waals surface area contributed by atoms with E-state index in [4.69, 9.17) is 4.18 Å². The molecule has 4 rings (SSSR count). The summed E-state index contributed by atoms with van der Waals surface area (Å²) in [4.78, 5) is -2.57. The second-order valence-corrected chi connectivity index (χ2v) is 13.1. The normalized spacial score (nSPS) is 13.2. The molecule has 0 saturated carbocycles. The summed E-state index contributed by atoms with van der Waals surface area (Å²) in [6.07, 6.45) is 0. The van der Waals surface area contributed by atoms with Gasteiger partial charge >= 0.3 is 10.1 Å². The molecule has 4 aromatic carbocycles. The molecule has 0 bridgehead atoms. The van der Waals surface area contributed by atoms with Gasteiger partial charge in [0.25, 0.3) is 30.4 Å². The van der Waals surface area contributed by atoms with Crippen LogP contribution in [-0.2, 0) is 40.5 Å². The van der Waals surface area contributed by atoms with Gasteiger partial charge in [0, 0.05) is 22.2 Å². The predicted molar refractivity (Wildman–Crippen MR) is 125 cm³/mol. The van der Waals surface area contributed by atoms with Gasteiger partial charge in [0.05, 0.1) is 9.79 Å². The molecule has 16 heteroatoms. The van der Waals surface area contributed by atoms with E-state index >= 15 is 0 Å². The zero-order chi connectivity index (χ0) is 26.7. The van der Waals surface area contributed by atoms with Crippen LogP contribution in [0.5, 0.6) is 5.75 Å². The third-order valence-electron chi connectivity index (χ3n) is 5.04. The van der Waals surface area contributed by atoms with Crippen molar-refractivity contribution < 1.29 is 51.5 Å². The van der Waals surface area contributed by atoms with E-state index in [1.54, 1.807) is 0 Å². The fraction of sp³-hybridized carbons (Fsp3) is 0. The molecule has 0 amide bonds. The molecule has 0 aromatic heterocycles. The van der Waals surface area contributed by atoms with Crippen LogP contribution in [0, 0.1) is 0 Å². The van der Waals surface area contributed by atoms with Gasteiger partial charge in [-0.15, -0.1) is 0 Å². The Balaban J connectivity index is 1.96. The van der Waals surface area contributed by atoms with E-state index in [-0.39, 0.29) is 21.5 Å². The maximum absolute atomic E-state index is 13.2. The van der Waals surface area contributed by atoms with Crippen LogP contribution in [-0.4, -0.2) is 47.3 Å². The lowest BCUT2D eigenvalue weighted by Gasteiger charge is -2.14. The number of hydrogen-bond acceptors (Lipinski definition) is 9. The molecule has 0 radical (unpaired) electrons. The van der Waals surface area contributed by atoms with Gasteiger partial charge in [0.2, 0.25) is 0 Å². The minimum Gasteiger partial charge on any atom is -0.378 e. The largest absolute Gasteiger partial charge is 0.378 e. The Bertz CT molecular complexity index is 1990. The van der Waals surface area contributed by atoms with Gasteiger partial charge in [0.1, 0.15) is 9.79 Å². The van der Waals surface area contributed by atoms with Crippen LogP contribution in [0.3, 0.4) is 0 Å². The Morgan fingerprint density at radius 3 is 1.61 bits per heavy atom. The van der Waals surface area contributed by atoms with Crippen molar-refractivity contribution in [3.05, 3.63) is 66.7 Å². The van der Waals surface area contributed by atoms with E-state index in [9.17, 15) is 47.3 Å². The van der Waals surface area contributed by atoms with Gasteiger partial charge in [-0.3, -0.25) is 13.7 Å². The lowest BCUT2D eigenvalue weighted by atomic mass is 10.1. The molecular weight excluding hydrogens is 560 g/mol. The number of fused-ring (bicyclic) bond motifs is 2. The van der Waals surface area contributed by atoms with Crippen molar-refractivity contribution in [2.24, 2.45) is 0 Å². The SMILES string of the molecule is O=S(=O)(O)c1ccc2c(OS(=O)(=O)c3cccc4c(S(=O)(=O)O)cccc34)cc(S(=O)(=O)O)cc2c1. The van der Waals surface area contributed by atoms with Crippen LogP contribution in [0.4, 0.5) is 0 Å². The van der Waals surface area contributed by atoms with E-state index in [1.165, 1.54) is 24.3 Å². The highest BCUT2D eigenvalue weighted by Gasteiger charge is 2.25. The maximum atomic E-state index is 13.2. The van der Waals surface area contributed by atoms with Crippen molar-refractivity contribution in [3.63, 3.8) is 0 Å². The van der Waals surface area contributed by atoms with Crippen molar-refractivity contribution >= 4 is 62.0 Å². The summed E-state index contributed by atoms with van der Waals surface area (Å²) in [5.74, 6) is -0.620. The first-order chi connectivity index (χ1) is 16.5. The van der Waals surface area contributed by atoms with E-state index in [2.05, 4.69) is 0 Å². The van der Waals surface area contributed by atoms with Gasteiger partial charge < -0.3 is 4.18 Å². The second-order valence-electron chi connectivity index (χ2n) is 7.37. The molecule has 0 aliphatic carbocycles. The number of rotatable bonds is 6. The highest BCUT2D eigenvalue weighted by molar-refractivity contribution is 7.87. The quantitative estimate of drug-likeness (QED) is 0.224. The van der Waals surface area contributed by atoms with Gasteiger partial charge in [-0.25, -0.2) is 0 Å². The summed E-state index contributed by atoms with van der Waals surface area (Å²) in [5.41, 5.74) is 0. The summed E-state index contributed by atoms with van der Waals surface area (Å²) in [5, 5.41) is -0.593. The number of hydrogen-bond donors (Lipinski definition) is 3. The number of benzene rings is 4. The summed E-state index contributed by atoms with van der Waals surface area (Å²) in [7, 11) is -19.2. The molecule has 0 fully saturated rings. The summed E-state index contributed by atoms with van der Waals surface area (Å²) in [6.45, 7) is 0. The Morgan fingerprint density at radius 2 is 1.06 bits per heavy atom. The summed E-state index contributed by atoms with van der Waals surface area (Å²) in [6, 6.07) is 11.4. The van der Waals surface area contributed by atoms with Crippen molar-refractivity contribution in [1.82, 2.24) is 0 Å². The van der Waals surface area contributed by atoms with Gasteiger partial charge in [-0.2, -0.15) is 33.7 Å². The van der Waals surface area contributed by atoms with Crippen LogP contribution in [0.1, 0.15) is 0 Å². The molecule has 0 spiro atoms. The average molecular weight is 575 g/mol. The van der Waals surface area contributed by atoms with Gasteiger partial charge in [-0.05, 0) is 41.8 Å². The van der Waals surface area contributed by atoms with Crippen LogP contribution < -0.4 is 4.18 Å². The minimum atomic E-state index is -4.92. The van der Waals surface area contributed by atoms with E-state index in [1.807, 2.05) is 0 Å². The monoisotopic (exact) mass is 574 g/mol. The second kappa shape index (κ2) is 8.48. The fourth-order valence-corrected chi connectivity index (χ4v) is 6.43. The molecule has 3 N–H and O–H groups in total. The first kappa shape index (κ1) is 26.0.